The van der Waals surface area contributed by atoms with Crippen LogP contribution in [0, 0.1) is 0 Å². The van der Waals surface area contributed by atoms with Crippen LogP contribution >= 0.6 is 0 Å². The summed E-state index contributed by atoms with van der Waals surface area (Å²) in [6.45, 7) is 1.90. The number of hydrogen-bond acceptors (Lipinski definition) is 3. The van der Waals surface area contributed by atoms with Gasteiger partial charge in [-0.2, -0.15) is 13.2 Å². The fourth-order valence-electron chi connectivity index (χ4n) is 1.72. The first kappa shape index (κ1) is 15.5. The van der Waals surface area contributed by atoms with Crippen LogP contribution in [-0.4, -0.2) is 31.6 Å². The number of rotatable bonds is 4. The lowest BCUT2D eigenvalue weighted by Gasteiger charge is -2.23. The molecule has 0 aliphatic carbocycles. The molecule has 0 spiro atoms. The summed E-state index contributed by atoms with van der Waals surface area (Å²) >= 11 is 0. The van der Waals surface area contributed by atoms with Crippen molar-refractivity contribution in [3.8, 4) is 0 Å². The first-order chi connectivity index (χ1) is 8.77. The number of hydrogen-bond donors (Lipinski definition) is 0. The van der Waals surface area contributed by atoms with Gasteiger partial charge in [0.2, 0.25) is 0 Å². The van der Waals surface area contributed by atoms with Crippen molar-refractivity contribution in [3.63, 3.8) is 0 Å². The molecule has 0 aromatic heterocycles. The monoisotopic (exact) mass is 275 g/mol. The van der Waals surface area contributed by atoms with Crippen LogP contribution in [0.5, 0.6) is 0 Å². The van der Waals surface area contributed by atoms with Crippen molar-refractivity contribution in [1.82, 2.24) is 4.90 Å². The number of carbonyl (C=O) groups is 1. The third kappa shape index (κ3) is 3.96. The summed E-state index contributed by atoms with van der Waals surface area (Å²) in [5.41, 5.74) is -0.269. The summed E-state index contributed by atoms with van der Waals surface area (Å²) in [5, 5.41) is 0. The second kappa shape index (κ2) is 6.06. The standard InChI is InChI=1S/C13H16F3NO2/c1-4-19-12(18)11(17(2)3)9-5-7-10(8-6-9)13(14,15)16/h5-8,11H,4H2,1-3H3. The highest BCUT2D eigenvalue weighted by Crippen LogP contribution is 2.30. The van der Waals surface area contributed by atoms with Gasteiger partial charge >= 0.3 is 12.1 Å². The molecule has 0 heterocycles. The molecule has 1 aromatic carbocycles. The van der Waals surface area contributed by atoms with Crippen molar-refractivity contribution in [1.29, 1.82) is 0 Å². The zero-order chi connectivity index (χ0) is 14.6. The number of halogens is 3. The molecule has 0 saturated carbocycles. The second-order valence-corrected chi connectivity index (χ2v) is 4.24. The minimum absolute atomic E-state index is 0.226. The first-order valence-corrected chi connectivity index (χ1v) is 5.77. The normalized spacial score (nSPS) is 13.4. The smallest absolute Gasteiger partial charge is 0.416 e. The maximum atomic E-state index is 12.5. The molecule has 0 fully saturated rings. The van der Waals surface area contributed by atoms with Crippen LogP contribution in [0.4, 0.5) is 13.2 Å². The Morgan fingerprint density at radius 2 is 1.79 bits per heavy atom. The van der Waals surface area contributed by atoms with Gasteiger partial charge in [-0.15, -0.1) is 0 Å². The van der Waals surface area contributed by atoms with Crippen LogP contribution in [0.15, 0.2) is 24.3 Å². The third-order valence-electron chi connectivity index (χ3n) is 2.58. The highest BCUT2D eigenvalue weighted by molar-refractivity contribution is 5.77. The van der Waals surface area contributed by atoms with E-state index in [1.807, 2.05) is 0 Å². The topological polar surface area (TPSA) is 29.5 Å². The van der Waals surface area contributed by atoms with Gasteiger partial charge in [-0.1, -0.05) is 12.1 Å². The van der Waals surface area contributed by atoms with E-state index < -0.39 is 23.8 Å². The molecule has 0 aliphatic rings. The van der Waals surface area contributed by atoms with E-state index in [0.29, 0.717) is 5.56 Å². The van der Waals surface area contributed by atoms with Crippen LogP contribution in [0.3, 0.4) is 0 Å². The van der Waals surface area contributed by atoms with Gasteiger partial charge in [0.15, 0.2) is 0 Å². The molecule has 0 amide bonds. The maximum Gasteiger partial charge on any atom is 0.416 e. The summed E-state index contributed by atoms with van der Waals surface area (Å²) in [6.07, 6.45) is -4.38. The SMILES string of the molecule is CCOC(=O)C(c1ccc(C(F)(F)F)cc1)N(C)C. The quantitative estimate of drug-likeness (QED) is 0.791. The average Bonchev–Trinajstić information content (AvgIpc) is 2.28. The van der Waals surface area contributed by atoms with Gasteiger partial charge in [0.25, 0.3) is 0 Å². The van der Waals surface area contributed by atoms with Gasteiger partial charge in [0.1, 0.15) is 6.04 Å². The zero-order valence-corrected chi connectivity index (χ0v) is 11.0. The van der Waals surface area contributed by atoms with E-state index in [0.717, 1.165) is 12.1 Å². The Morgan fingerprint density at radius 3 is 2.16 bits per heavy atom. The van der Waals surface area contributed by atoms with E-state index in [1.165, 1.54) is 12.1 Å². The van der Waals surface area contributed by atoms with Crippen molar-refractivity contribution in [2.75, 3.05) is 20.7 Å². The lowest BCUT2D eigenvalue weighted by Crippen LogP contribution is -2.29. The lowest BCUT2D eigenvalue weighted by atomic mass is 10.0. The number of nitrogens with zero attached hydrogens (tertiary/aromatic N) is 1. The van der Waals surface area contributed by atoms with Gasteiger partial charge < -0.3 is 4.74 Å². The molecule has 1 aromatic rings. The van der Waals surface area contributed by atoms with Crippen molar-refractivity contribution < 1.29 is 22.7 Å². The summed E-state index contributed by atoms with van der Waals surface area (Å²) in [4.78, 5) is 13.4. The van der Waals surface area contributed by atoms with Gasteiger partial charge in [0, 0.05) is 0 Å². The molecule has 3 nitrogen and oxygen atoms in total. The zero-order valence-electron chi connectivity index (χ0n) is 11.0. The van der Waals surface area contributed by atoms with Crippen LogP contribution in [0.1, 0.15) is 24.1 Å². The molecule has 0 bridgehead atoms. The maximum absolute atomic E-state index is 12.5. The highest BCUT2D eigenvalue weighted by atomic mass is 19.4. The van der Waals surface area contributed by atoms with E-state index in [-0.39, 0.29) is 6.61 Å². The molecular formula is C13H16F3NO2. The van der Waals surface area contributed by atoms with Crippen molar-refractivity contribution >= 4 is 5.97 Å². The van der Waals surface area contributed by atoms with Crippen molar-refractivity contribution in [3.05, 3.63) is 35.4 Å². The van der Waals surface area contributed by atoms with Gasteiger partial charge in [-0.3, -0.25) is 4.90 Å². The molecular weight excluding hydrogens is 259 g/mol. The number of esters is 1. The van der Waals surface area contributed by atoms with Gasteiger partial charge in [-0.25, -0.2) is 4.79 Å². The van der Waals surface area contributed by atoms with E-state index in [9.17, 15) is 18.0 Å². The Balaban J connectivity index is 3.02. The Bertz CT molecular complexity index is 427. The number of carbonyl (C=O) groups excluding carboxylic acids is 1. The van der Waals surface area contributed by atoms with Gasteiger partial charge in [0.05, 0.1) is 12.2 Å². The lowest BCUT2D eigenvalue weighted by molar-refractivity contribution is -0.148. The Labute approximate surface area is 110 Å². The molecule has 1 unspecified atom stereocenters. The number of alkyl halides is 3. The van der Waals surface area contributed by atoms with E-state index in [1.54, 1.807) is 25.9 Å². The van der Waals surface area contributed by atoms with Crippen LogP contribution in [0.25, 0.3) is 0 Å². The molecule has 0 saturated heterocycles. The van der Waals surface area contributed by atoms with Crippen molar-refractivity contribution in [2.45, 2.75) is 19.1 Å². The number of likely N-dealkylation sites (N-methyl/N-ethyl adjacent to an activating group) is 1. The Morgan fingerprint density at radius 1 is 1.26 bits per heavy atom. The first-order valence-electron chi connectivity index (χ1n) is 5.77. The minimum Gasteiger partial charge on any atom is -0.465 e. The molecule has 1 rings (SSSR count). The highest BCUT2D eigenvalue weighted by Gasteiger charge is 2.31. The number of ether oxygens (including phenoxy) is 1. The molecule has 106 valence electrons. The van der Waals surface area contributed by atoms with E-state index in [2.05, 4.69) is 0 Å². The largest absolute Gasteiger partial charge is 0.465 e. The molecule has 19 heavy (non-hydrogen) atoms. The van der Waals surface area contributed by atoms with Crippen molar-refractivity contribution in [2.24, 2.45) is 0 Å². The number of benzene rings is 1. The molecule has 0 aliphatic heterocycles. The molecule has 0 radical (unpaired) electrons. The van der Waals surface area contributed by atoms with Crippen LogP contribution in [-0.2, 0) is 15.7 Å². The Hall–Kier alpha value is -1.56. The van der Waals surface area contributed by atoms with Gasteiger partial charge in [-0.05, 0) is 38.7 Å². The average molecular weight is 275 g/mol. The Kier molecular flexibility index (Phi) is 4.94. The molecule has 0 N–H and O–H groups in total. The predicted octanol–water partition coefficient (Wildman–Crippen LogP) is 2.87. The molecule has 1 atom stereocenters. The summed E-state index contributed by atoms with van der Waals surface area (Å²) in [5.74, 6) is -0.479. The fourth-order valence-corrected chi connectivity index (χ4v) is 1.72. The second-order valence-electron chi connectivity index (χ2n) is 4.24. The van der Waals surface area contributed by atoms with E-state index >= 15 is 0 Å². The predicted molar refractivity (Wildman–Crippen MR) is 64.5 cm³/mol. The summed E-state index contributed by atoms with van der Waals surface area (Å²) in [6, 6.07) is 3.81. The molecule has 6 heteroatoms. The summed E-state index contributed by atoms with van der Waals surface area (Å²) < 4.78 is 42.3. The van der Waals surface area contributed by atoms with Crippen LogP contribution in [0.2, 0.25) is 0 Å². The van der Waals surface area contributed by atoms with Crippen LogP contribution < -0.4 is 0 Å². The third-order valence-corrected chi connectivity index (χ3v) is 2.58. The minimum atomic E-state index is -4.38. The fraction of sp³-hybridized carbons (Fsp3) is 0.462. The van der Waals surface area contributed by atoms with E-state index in [4.69, 9.17) is 4.74 Å². The summed E-state index contributed by atoms with van der Waals surface area (Å²) in [7, 11) is 3.33.